The summed E-state index contributed by atoms with van der Waals surface area (Å²) < 4.78 is 11.8. The molecule has 0 saturated carbocycles. The molecule has 148 valence electrons. The van der Waals surface area contributed by atoms with Crippen molar-refractivity contribution in [3.05, 3.63) is 11.6 Å². The number of Topliss-reactive ketones (excluding diaryl/α,β-unsaturated/α-hetero) is 1. The van der Waals surface area contributed by atoms with Gasteiger partial charge in [-0.3, -0.25) is 4.79 Å². The lowest BCUT2D eigenvalue weighted by molar-refractivity contribution is -0.116. The number of ether oxygens (including phenoxy) is 2. The van der Waals surface area contributed by atoms with Crippen molar-refractivity contribution < 1.29 is 14.3 Å². The molecule has 1 rings (SSSR count). The molecule has 26 heavy (non-hydrogen) atoms. The molecule has 0 amide bonds. The zero-order chi connectivity index (χ0) is 19.6. The van der Waals surface area contributed by atoms with Crippen LogP contribution in [0.4, 0.5) is 0 Å². The summed E-state index contributed by atoms with van der Waals surface area (Å²) in [5.41, 5.74) is 1.40. The Kier molecular flexibility index (Phi) is 11.4. The highest BCUT2D eigenvalue weighted by atomic mass is 32.2. The summed E-state index contributed by atoms with van der Waals surface area (Å²) in [6.45, 7) is 9.51. The molecule has 0 bridgehead atoms. The van der Waals surface area contributed by atoms with Crippen molar-refractivity contribution in [3.8, 4) is 0 Å². The molecule has 1 aliphatic rings. The summed E-state index contributed by atoms with van der Waals surface area (Å²) in [6, 6.07) is 0. The van der Waals surface area contributed by atoms with Gasteiger partial charge >= 0.3 is 0 Å². The van der Waals surface area contributed by atoms with Gasteiger partial charge < -0.3 is 9.47 Å². The van der Waals surface area contributed by atoms with Gasteiger partial charge in [0.2, 0.25) is 8.77 Å². The first-order valence-electron chi connectivity index (χ1n) is 9.13. The van der Waals surface area contributed by atoms with E-state index in [4.69, 9.17) is 33.9 Å². The molecule has 0 aromatic carbocycles. The Morgan fingerprint density at radius 2 is 1.88 bits per heavy atom. The Labute approximate surface area is 177 Å². The van der Waals surface area contributed by atoms with Crippen LogP contribution in [-0.2, 0) is 14.3 Å². The van der Waals surface area contributed by atoms with Crippen LogP contribution in [0.5, 0.6) is 0 Å². The molecule has 0 aromatic heterocycles. The molecule has 0 aromatic rings. The fourth-order valence-electron chi connectivity index (χ4n) is 2.86. The van der Waals surface area contributed by atoms with Crippen molar-refractivity contribution in [1.29, 1.82) is 0 Å². The molecule has 3 nitrogen and oxygen atoms in total. The molecular formula is C19H30O3S4. The average molecular weight is 435 g/mol. The van der Waals surface area contributed by atoms with E-state index in [9.17, 15) is 4.79 Å². The Morgan fingerprint density at radius 3 is 2.46 bits per heavy atom. The van der Waals surface area contributed by atoms with Crippen LogP contribution in [0.25, 0.3) is 0 Å². The first-order chi connectivity index (χ1) is 12.3. The van der Waals surface area contributed by atoms with Crippen LogP contribution in [0.2, 0.25) is 0 Å². The average Bonchev–Trinajstić information content (AvgIpc) is 2.58. The van der Waals surface area contributed by atoms with Gasteiger partial charge in [-0.15, -0.1) is 0 Å². The van der Waals surface area contributed by atoms with Crippen LogP contribution < -0.4 is 0 Å². The third-order valence-corrected chi connectivity index (χ3v) is 7.24. The van der Waals surface area contributed by atoms with Crippen LogP contribution >= 0.6 is 48.0 Å². The first-order valence-corrected chi connectivity index (χ1v) is 11.7. The van der Waals surface area contributed by atoms with Gasteiger partial charge in [-0.2, -0.15) is 0 Å². The Bertz CT molecular complexity index is 529. The van der Waals surface area contributed by atoms with E-state index in [1.807, 2.05) is 13.8 Å². The van der Waals surface area contributed by atoms with Crippen molar-refractivity contribution in [2.75, 3.05) is 19.0 Å². The third-order valence-electron chi connectivity index (χ3n) is 4.43. The largest absolute Gasteiger partial charge is 0.479 e. The number of carbonyl (C=O) groups is 1. The minimum atomic E-state index is 0.0652. The second-order valence-corrected chi connectivity index (χ2v) is 10.6. The molecule has 1 aliphatic carbocycles. The second-order valence-electron chi connectivity index (χ2n) is 6.73. The molecule has 0 N–H and O–H groups in total. The van der Waals surface area contributed by atoms with Gasteiger partial charge in [0.25, 0.3) is 0 Å². The van der Waals surface area contributed by atoms with Gasteiger partial charge in [-0.05, 0) is 83.7 Å². The highest BCUT2D eigenvalue weighted by Gasteiger charge is 2.33. The molecule has 0 radical (unpaired) electrons. The van der Waals surface area contributed by atoms with E-state index in [0.717, 1.165) is 25.7 Å². The minimum Gasteiger partial charge on any atom is -0.479 e. The monoisotopic (exact) mass is 434 g/mol. The highest BCUT2D eigenvalue weighted by molar-refractivity contribution is 8.23. The van der Waals surface area contributed by atoms with E-state index in [1.54, 1.807) is 11.8 Å². The van der Waals surface area contributed by atoms with Crippen molar-refractivity contribution in [2.45, 2.75) is 64.5 Å². The maximum absolute atomic E-state index is 12.0. The van der Waals surface area contributed by atoms with Gasteiger partial charge in [0.1, 0.15) is 5.78 Å². The lowest BCUT2D eigenvalue weighted by Crippen LogP contribution is -2.30. The van der Waals surface area contributed by atoms with Crippen LogP contribution in [0, 0.1) is 5.92 Å². The standard InChI is InChI=1S/C19H30O3S4/c1-5-21-17(23)25-13-16(20)12-9-14-7-10-15(11-8-14)19(3,4)26-18(24)22-6-2/h7,15H,5-6,8-13H2,1-4H3/t15-/m0/s1. The fourth-order valence-corrected chi connectivity index (χ4v) is 5.53. The van der Waals surface area contributed by atoms with E-state index in [0.29, 0.717) is 40.1 Å². The van der Waals surface area contributed by atoms with Crippen molar-refractivity contribution in [1.82, 2.24) is 0 Å². The Hall–Kier alpha value is -0.110. The van der Waals surface area contributed by atoms with Gasteiger partial charge in [-0.1, -0.05) is 35.2 Å². The zero-order valence-electron chi connectivity index (χ0n) is 16.2. The van der Waals surface area contributed by atoms with Crippen LogP contribution in [-0.4, -0.2) is 38.3 Å². The summed E-state index contributed by atoms with van der Waals surface area (Å²) in [7, 11) is 0. The lowest BCUT2D eigenvalue weighted by atomic mass is 9.81. The number of hydrogen-bond acceptors (Lipinski definition) is 7. The van der Waals surface area contributed by atoms with E-state index in [-0.39, 0.29) is 10.5 Å². The molecule has 0 aliphatic heterocycles. The lowest BCUT2D eigenvalue weighted by Gasteiger charge is -2.35. The normalized spacial score (nSPS) is 17.4. The van der Waals surface area contributed by atoms with Gasteiger partial charge in [0, 0.05) is 11.2 Å². The van der Waals surface area contributed by atoms with Gasteiger partial charge in [0.05, 0.1) is 19.0 Å². The van der Waals surface area contributed by atoms with E-state index < -0.39 is 0 Å². The predicted octanol–water partition coefficient (Wildman–Crippen LogP) is 5.95. The van der Waals surface area contributed by atoms with Crippen molar-refractivity contribution in [3.63, 3.8) is 0 Å². The summed E-state index contributed by atoms with van der Waals surface area (Å²) >= 11 is 13.3. The van der Waals surface area contributed by atoms with Gasteiger partial charge in [-0.25, -0.2) is 0 Å². The quantitative estimate of drug-likeness (QED) is 0.328. The van der Waals surface area contributed by atoms with E-state index in [1.165, 1.54) is 17.3 Å². The maximum Gasteiger partial charge on any atom is 0.220 e. The predicted molar refractivity (Wildman–Crippen MR) is 122 cm³/mol. The summed E-state index contributed by atoms with van der Waals surface area (Å²) in [6.07, 6.45) is 7.02. The number of rotatable bonds is 9. The summed E-state index contributed by atoms with van der Waals surface area (Å²) in [4.78, 5) is 12.0. The van der Waals surface area contributed by atoms with Gasteiger partial charge in [0.15, 0.2) is 0 Å². The molecule has 0 unspecified atom stereocenters. The third kappa shape index (κ3) is 9.20. The molecule has 0 heterocycles. The summed E-state index contributed by atoms with van der Waals surface area (Å²) in [5.74, 6) is 1.22. The molecule has 0 fully saturated rings. The molecule has 1 atom stereocenters. The second kappa shape index (κ2) is 12.4. The number of ketones is 1. The van der Waals surface area contributed by atoms with Crippen LogP contribution in [0.3, 0.4) is 0 Å². The van der Waals surface area contributed by atoms with E-state index in [2.05, 4.69) is 19.9 Å². The topological polar surface area (TPSA) is 35.5 Å². The Morgan fingerprint density at radius 1 is 1.23 bits per heavy atom. The smallest absolute Gasteiger partial charge is 0.220 e. The number of thiocarbonyl (C=S) groups is 2. The summed E-state index contributed by atoms with van der Waals surface area (Å²) in [5, 5.41) is 0. The maximum atomic E-state index is 12.0. The number of thioether (sulfide) groups is 2. The SMILES string of the molecule is CCOC(=S)SCC(=O)CCC1=CC[C@H](C(C)(C)SC(=S)OCC)CC1. The number of carbonyl (C=O) groups excluding carboxylic acids is 1. The van der Waals surface area contributed by atoms with Crippen LogP contribution in [0.15, 0.2) is 11.6 Å². The minimum absolute atomic E-state index is 0.0652. The van der Waals surface area contributed by atoms with Crippen molar-refractivity contribution in [2.24, 2.45) is 5.92 Å². The first kappa shape index (κ1) is 23.9. The number of hydrogen-bond donors (Lipinski definition) is 0. The number of allylic oxidation sites excluding steroid dienone is 2. The van der Waals surface area contributed by atoms with E-state index >= 15 is 0 Å². The Balaban J connectivity index is 2.37. The highest BCUT2D eigenvalue weighted by Crippen LogP contribution is 2.41. The fraction of sp³-hybridized carbons (Fsp3) is 0.737. The molecule has 0 spiro atoms. The van der Waals surface area contributed by atoms with Crippen molar-refractivity contribution >= 4 is 62.5 Å². The molecule has 7 heteroatoms. The molecule has 0 saturated heterocycles. The molecular weight excluding hydrogens is 404 g/mol. The van der Waals surface area contributed by atoms with Crippen LogP contribution in [0.1, 0.15) is 59.8 Å². The zero-order valence-corrected chi connectivity index (χ0v) is 19.4.